The van der Waals surface area contributed by atoms with E-state index in [1.54, 1.807) is 42.5 Å². The van der Waals surface area contributed by atoms with Crippen LogP contribution in [0.2, 0.25) is 5.02 Å². The molecule has 4 rings (SSSR count). The highest BCUT2D eigenvalue weighted by Gasteiger charge is 2.45. The first kappa shape index (κ1) is 20.2. The number of benzene rings is 3. The molecule has 0 aromatic heterocycles. The lowest BCUT2D eigenvalue weighted by molar-refractivity contribution is -0.385. The second-order valence-corrected chi connectivity index (χ2v) is 7.11. The average Bonchev–Trinajstić information content (AvgIpc) is 3.03. The monoisotopic (exact) mass is 435 g/mol. The van der Waals surface area contributed by atoms with E-state index in [4.69, 9.17) is 11.6 Å². The molecular weight excluding hydrogens is 422 g/mol. The Morgan fingerprint density at radius 1 is 0.935 bits per heavy atom. The summed E-state index contributed by atoms with van der Waals surface area (Å²) in [5.41, 5.74) is -0.241. The first-order valence-electron chi connectivity index (χ1n) is 9.16. The van der Waals surface area contributed by atoms with Gasteiger partial charge in [-0.25, -0.2) is 5.01 Å². The third-order valence-electron chi connectivity index (χ3n) is 4.82. The van der Waals surface area contributed by atoms with Crippen LogP contribution >= 0.6 is 11.6 Å². The van der Waals surface area contributed by atoms with Crippen molar-refractivity contribution >= 4 is 35.0 Å². The zero-order valence-electron chi connectivity index (χ0n) is 15.9. The van der Waals surface area contributed by atoms with E-state index in [1.807, 2.05) is 0 Å². The molecule has 31 heavy (non-hydrogen) atoms. The molecule has 8 nitrogen and oxygen atoms in total. The number of hydrazine groups is 1. The fraction of sp³-hybridized carbons (Fsp3) is 0.0455. The van der Waals surface area contributed by atoms with Gasteiger partial charge in [-0.15, -0.1) is 0 Å². The fourth-order valence-electron chi connectivity index (χ4n) is 3.39. The third-order valence-corrected chi connectivity index (χ3v) is 5.15. The van der Waals surface area contributed by atoms with Crippen molar-refractivity contribution in [3.63, 3.8) is 0 Å². The molecule has 0 saturated heterocycles. The van der Waals surface area contributed by atoms with Crippen molar-refractivity contribution in [3.8, 4) is 0 Å². The highest BCUT2D eigenvalue weighted by atomic mass is 35.5. The van der Waals surface area contributed by atoms with Gasteiger partial charge < -0.3 is 0 Å². The van der Waals surface area contributed by atoms with Crippen molar-refractivity contribution in [2.24, 2.45) is 0 Å². The standard InChI is InChI=1S/C22H14ClN3O5/c23-17-11-5-4-9-15(17)20(27)24(13-14-7-2-1-3-8-14)25-21(28)16-10-6-12-18(26(30)31)19(16)22(25)29/h1-12H,13H2. The molecule has 0 radical (unpaired) electrons. The van der Waals surface area contributed by atoms with Crippen molar-refractivity contribution < 1.29 is 19.3 Å². The quantitative estimate of drug-likeness (QED) is 0.341. The van der Waals surface area contributed by atoms with E-state index < -0.39 is 28.3 Å². The van der Waals surface area contributed by atoms with Gasteiger partial charge >= 0.3 is 0 Å². The van der Waals surface area contributed by atoms with E-state index in [9.17, 15) is 24.5 Å². The van der Waals surface area contributed by atoms with E-state index in [2.05, 4.69) is 0 Å². The number of carbonyl (C=O) groups excluding carboxylic acids is 3. The highest BCUT2D eigenvalue weighted by Crippen LogP contribution is 2.33. The van der Waals surface area contributed by atoms with Gasteiger partial charge in [0.05, 0.1) is 27.6 Å². The van der Waals surface area contributed by atoms with E-state index in [-0.39, 0.29) is 28.3 Å². The molecule has 1 aliphatic rings. The number of nitro groups is 1. The van der Waals surface area contributed by atoms with E-state index >= 15 is 0 Å². The van der Waals surface area contributed by atoms with Crippen LogP contribution < -0.4 is 0 Å². The molecule has 0 fully saturated rings. The average molecular weight is 436 g/mol. The zero-order chi connectivity index (χ0) is 22.1. The maximum atomic E-state index is 13.4. The molecule has 0 atom stereocenters. The van der Waals surface area contributed by atoms with E-state index in [0.29, 0.717) is 10.6 Å². The Morgan fingerprint density at radius 2 is 1.61 bits per heavy atom. The van der Waals surface area contributed by atoms with Crippen molar-refractivity contribution in [1.82, 2.24) is 10.0 Å². The maximum absolute atomic E-state index is 13.4. The van der Waals surface area contributed by atoms with Crippen LogP contribution in [0, 0.1) is 10.1 Å². The Balaban J connectivity index is 1.82. The molecule has 0 aliphatic carbocycles. The molecule has 3 aromatic carbocycles. The third kappa shape index (κ3) is 3.53. The van der Waals surface area contributed by atoms with Crippen molar-refractivity contribution in [3.05, 3.63) is 110 Å². The molecule has 9 heteroatoms. The van der Waals surface area contributed by atoms with Crippen LogP contribution in [0.15, 0.2) is 72.8 Å². The van der Waals surface area contributed by atoms with Crippen LogP contribution in [0.25, 0.3) is 0 Å². The number of carbonyl (C=O) groups is 3. The molecule has 1 heterocycles. The molecule has 0 bridgehead atoms. The lowest BCUT2D eigenvalue weighted by atomic mass is 10.1. The van der Waals surface area contributed by atoms with Gasteiger partial charge in [-0.3, -0.25) is 24.5 Å². The summed E-state index contributed by atoms with van der Waals surface area (Å²) < 4.78 is 0. The summed E-state index contributed by atoms with van der Waals surface area (Å²) in [5, 5.41) is 13.2. The molecular formula is C22H14ClN3O5. The fourth-order valence-corrected chi connectivity index (χ4v) is 3.61. The SMILES string of the molecule is O=C(c1ccccc1Cl)N(Cc1ccccc1)N1C(=O)c2cccc([N+](=O)[O-])c2C1=O. The number of rotatable bonds is 5. The minimum atomic E-state index is -0.941. The predicted molar refractivity (Wildman–Crippen MR) is 111 cm³/mol. The Bertz CT molecular complexity index is 1230. The summed E-state index contributed by atoms with van der Waals surface area (Å²) in [4.78, 5) is 50.3. The Morgan fingerprint density at radius 3 is 2.29 bits per heavy atom. The number of hydrogen-bond acceptors (Lipinski definition) is 5. The van der Waals surface area contributed by atoms with Crippen molar-refractivity contribution in [1.29, 1.82) is 0 Å². The minimum Gasteiger partial charge on any atom is -0.267 e. The molecule has 3 amide bonds. The molecule has 0 N–H and O–H groups in total. The topological polar surface area (TPSA) is 101 Å². The van der Waals surface area contributed by atoms with Gasteiger partial charge in [0.25, 0.3) is 23.4 Å². The number of halogens is 1. The minimum absolute atomic E-state index is 0.0890. The van der Waals surface area contributed by atoms with Crippen molar-refractivity contribution in [2.75, 3.05) is 0 Å². The first-order chi connectivity index (χ1) is 14.9. The van der Waals surface area contributed by atoms with Gasteiger partial charge in [0, 0.05) is 6.07 Å². The van der Waals surface area contributed by atoms with Gasteiger partial charge in [0.15, 0.2) is 0 Å². The maximum Gasteiger partial charge on any atom is 0.287 e. The second-order valence-electron chi connectivity index (χ2n) is 6.71. The number of amides is 3. The lowest BCUT2D eigenvalue weighted by Crippen LogP contribution is -2.49. The first-order valence-corrected chi connectivity index (χ1v) is 9.54. The summed E-state index contributed by atoms with van der Waals surface area (Å²) in [5.74, 6) is -2.45. The van der Waals surface area contributed by atoms with Gasteiger partial charge in [-0.05, 0) is 23.8 Å². The summed E-state index contributed by atoms with van der Waals surface area (Å²) in [6.45, 7) is -0.121. The molecule has 3 aromatic rings. The Labute approximate surface area is 181 Å². The van der Waals surface area contributed by atoms with E-state index in [0.717, 1.165) is 11.1 Å². The number of imide groups is 1. The molecule has 1 aliphatic heterocycles. The second kappa shape index (κ2) is 8.00. The van der Waals surface area contributed by atoms with Crippen LogP contribution in [0.3, 0.4) is 0 Å². The lowest BCUT2D eigenvalue weighted by Gasteiger charge is -2.30. The largest absolute Gasteiger partial charge is 0.287 e. The summed E-state index contributed by atoms with van der Waals surface area (Å²) in [6, 6.07) is 18.8. The molecule has 0 saturated carbocycles. The molecule has 154 valence electrons. The van der Waals surface area contributed by atoms with E-state index in [1.165, 1.54) is 24.3 Å². The van der Waals surface area contributed by atoms with Gasteiger partial charge in [-0.1, -0.05) is 60.1 Å². The summed E-state index contributed by atoms with van der Waals surface area (Å²) in [6.07, 6.45) is 0. The highest BCUT2D eigenvalue weighted by molar-refractivity contribution is 6.34. The van der Waals surface area contributed by atoms with Crippen LogP contribution in [-0.4, -0.2) is 32.7 Å². The summed E-state index contributed by atoms with van der Waals surface area (Å²) in [7, 11) is 0. The van der Waals surface area contributed by atoms with Crippen LogP contribution in [-0.2, 0) is 6.54 Å². The smallest absolute Gasteiger partial charge is 0.267 e. The molecule has 0 spiro atoms. The predicted octanol–water partition coefficient (Wildman–Crippen LogP) is 4.10. The van der Waals surface area contributed by atoms with Crippen molar-refractivity contribution in [2.45, 2.75) is 6.54 Å². The Hall–Kier alpha value is -4.04. The number of fused-ring (bicyclic) bond motifs is 1. The summed E-state index contributed by atoms with van der Waals surface area (Å²) >= 11 is 6.18. The number of hydrogen-bond donors (Lipinski definition) is 0. The van der Waals surface area contributed by atoms with Crippen LogP contribution in [0.4, 0.5) is 5.69 Å². The zero-order valence-corrected chi connectivity index (χ0v) is 16.7. The van der Waals surface area contributed by atoms with Gasteiger partial charge in [0.2, 0.25) is 0 Å². The molecule has 0 unspecified atom stereocenters. The van der Waals surface area contributed by atoms with Gasteiger partial charge in [-0.2, -0.15) is 5.01 Å². The Kier molecular flexibility index (Phi) is 5.22. The number of nitrogens with zero attached hydrogens (tertiary/aromatic N) is 3. The normalized spacial score (nSPS) is 12.6. The van der Waals surface area contributed by atoms with Crippen LogP contribution in [0.1, 0.15) is 36.6 Å². The van der Waals surface area contributed by atoms with Gasteiger partial charge in [0.1, 0.15) is 5.56 Å². The number of nitro benzene ring substituents is 1. The van der Waals surface area contributed by atoms with Crippen LogP contribution in [0.5, 0.6) is 0 Å².